The molecule has 2 unspecified atom stereocenters. The molecule has 5 nitrogen and oxygen atoms in total. The quantitative estimate of drug-likeness (QED) is 0.635. The molecule has 2 atom stereocenters. The van der Waals surface area contributed by atoms with Crippen molar-refractivity contribution in [1.82, 2.24) is 4.90 Å². The molecule has 3 saturated heterocycles. The summed E-state index contributed by atoms with van der Waals surface area (Å²) in [7, 11) is -2.94. The summed E-state index contributed by atoms with van der Waals surface area (Å²) in [6.07, 6.45) is 0.405. The van der Waals surface area contributed by atoms with Crippen LogP contribution in [0.5, 0.6) is 0 Å². The van der Waals surface area contributed by atoms with Gasteiger partial charge in [-0.2, -0.15) is 0 Å². The number of fused-ring (bicyclic) bond motifs is 2. The molecule has 16 heavy (non-hydrogen) atoms. The van der Waals surface area contributed by atoms with Crippen molar-refractivity contribution >= 4 is 15.9 Å². The van der Waals surface area contributed by atoms with E-state index in [0.29, 0.717) is 0 Å². The predicted molar refractivity (Wildman–Crippen MR) is 58.9 cm³/mol. The number of nitrogens with zero attached hydrogens (tertiary/aromatic N) is 1. The van der Waals surface area contributed by atoms with Crippen LogP contribution in [-0.4, -0.2) is 48.6 Å². The van der Waals surface area contributed by atoms with Gasteiger partial charge in [0.2, 0.25) is 0 Å². The van der Waals surface area contributed by atoms with Gasteiger partial charge >= 0.3 is 6.09 Å². The van der Waals surface area contributed by atoms with Gasteiger partial charge in [0.1, 0.15) is 5.60 Å². The van der Waals surface area contributed by atoms with E-state index in [4.69, 9.17) is 4.74 Å². The summed E-state index contributed by atoms with van der Waals surface area (Å²) in [5.41, 5.74) is -0.528. The second-order valence-electron chi connectivity index (χ2n) is 5.51. The van der Waals surface area contributed by atoms with Crippen LogP contribution < -0.4 is 0 Å². The molecule has 92 valence electrons. The van der Waals surface area contributed by atoms with Crippen LogP contribution >= 0.6 is 0 Å². The molecule has 3 fully saturated rings. The monoisotopic (exact) mass is 247 g/mol. The number of ether oxygens (including phenoxy) is 1. The third-order valence-electron chi connectivity index (χ3n) is 2.83. The summed E-state index contributed by atoms with van der Waals surface area (Å²) < 4.78 is 28.0. The van der Waals surface area contributed by atoms with Crippen molar-refractivity contribution in [3.8, 4) is 0 Å². The van der Waals surface area contributed by atoms with Crippen LogP contribution in [0.1, 0.15) is 27.2 Å². The van der Waals surface area contributed by atoms with E-state index in [2.05, 4.69) is 0 Å². The molecule has 0 aliphatic carbocycles. The van der Waals surface area contributed by atoms with E-state index in [1.807, 2.05) is 0 Å². The van der Waals surface area contributed by atoms with Gasteiger partial charge in [-0.05, 0) is 27.2 Å². The number of hydrogen-bond donors (Lipinski definition) is 0. The predicted octanol–water partition coefficient (Wildman–Crippen LogP) is 0.793. The molecule has 3 heterocycles. The highest BCUT2D eigenvalue weighted by Crippen LogP contribution is 2.34. The lowest BCUT2D eigenvalue weighted by atomic mass is 9.96. The van der Waals surface area contributed by atoms with Crippen LogP contribution in [0.25, 0.3) is 0 Å². The second kappa shape index (κ2) is 3.35. The Kier molecular flexibility index (Phi) is 2.45. The average Bonchev–Trinajstić information content (AvgIpc) is 1.95. The normalized spacial score (nSPS) is 31.8. The molecule has 0 spiro atoms. The molecule has 3 rings (SSSR count). The van der Waals surface area contributed by atoms with Gasteiger partial charge < -0.3 is 9.64 Å². The highest BCUT2D eigenvalue weighted by atomic mass is 32.2. The van der Waals surface area contributed by atoms with E-state index < -0.39 is 15.4 Å². The Labute approximate surface area is 95.7 Å². The highest BCUT2D eigenvalue weighted by Gasteiger charge is 2.51. The van der Waals surface area contributed by atoms with Gasteiger partial charge in [0, 0.05) is 0 Å². The summed E-state index contributed by atoms with van der Waals surface area (Å²) in [6, 6.07) is -0.336. The van der Waals surface area contributed by atoms with Gasteiger partial charge in [0.05, 0.1) is 23.6 Å². The van der Waals surface area contributed by atoms with Gasteiger partial charge in [-0.15, -0.1) is 0 Å². The minimum Gasteiger partial charge on any atom is -0.444 e. The minimum atomic E-state index is -2.94. The first kappa shape index (κ1) is 11.7. The van der Waals surface area contributed by atoms with Crippen LogP contribution in [0.15, 0.2) is 0 Å². The topological polar surface area (TPSA) is 63.7 Å². The van der Waals surface area contributed by atoms with Crippen molar-refractivity contribution in [1.29, 1.82) is 0 Å². The Balaban J connectivity index is 2.02. The number of amides is 1. The van der Waals surface area contributed by atoms with Crippen LogP contribution in [-0.2, 0) is 14.6 Å². The Morgan fingerprint density at radius 3 is 2.19 bits per heavy atom. The smallest absolute Gasteiger partial charge is 0.410 e. The maximum Gasteiger partial charge on any atom is 0.410 e. The molecule has 1 amide bonds. The number of carbonyl (C=O) groups is 1. The molecule has 0 radical (unpaired) electrons. The molecule has 0 aromatic heterocycles. The van der Waals surface area contributed by atoms with Crippen molar-refractivity contribution in [3.63, 3.8) is 0 Å². The Morgan fingerprint density at radius 1 is 1.25 bits per heavy atom. The number of rotatable bonds is 0. The molecule has 0 aromatic carbocycles. The average molecular weight is 247 g/mol. The molecule has 0 aromatic rings. The van der Waals surface area contributed by atoms with Crippen molar-refractivity contribution < 1.29 is 17.9 Å². The molecule has 0 saturated carbocycles. The van der Waals surface area contributed by atoms with Gasteiger partial charge in [-0.25, -0.2) is 13.2 Å². The summed E-state index contributed by atoms with van der Waals surface area (Å²) >= 11 is 0. The van der Waals surface area contributed by atoms with E-state index in [9.17, 15) is 13.2 Å². The molecule has 0 N–H and O–H groups in total. The third-order valence-corrected chi connectivity index (χ3v) is 4.61. The molecule has 2 bridgehead atoms. The fourth-order valence-electron chi connectivity index (χ4n) is 2.27. The third kappa shape index (κ3) is 2.16. The molecular weight excluding hydrogens is 230 g/mol. The maximum absolute atomic E-state index is 11.8. The van der Waals surface area contributed by atoms with Crippen molar-refractivity contribution in [2.75, 3.05) is 11.5 Å². The largest absolute Gasteiger partial charge is 0.444 e. The zero-order valence-corrected chi connectivity index (χ0v) is 10.6. The first-order chi connectivity index (χ1) is 7.18. The number of sulfone groups is 1. The van der Waals surface area contributed by atoms with Crippen LogP contribution in [0.3, 0.4) is 0 Å². The summed E-state index contributed by atoms with van der Waals surface area (Å²) in [4.78, 5) is 13.4. The molecule has 3 aliphatic rings. The van der Waals surface area contributed by atoms with Crippen LogP contribution in [0, 0.1) is 0 Å². The van der Waals surface area contributed by atoms with Crippen molar-refractivity contribution in [2.24, 2.45) is 0 Å². The second-order valence-corrected chi connectivity index (χ2v) is 7.66. The lowest BCUT2D eigenvalue weighted by molar-refractivity contribution is -0.0238. The highest BCUT2D eigenvalue weighted by molar-refractivity contribution is 7.91. The zero-order valence-electron chi connectivity index (χ0n) is 9.76. The Hall–Kier alpha value is -0.780. The SMILES string of the molecule is CC(C)(C)OC(=O)N1C2CC1CS(=O)(=O)C2. The first-order valence-corrected chi connectivity index (χ1v) is 7.22. The van der Waals surface area contributed by atoms with Crippen LogP contribution in [0.2, 0.25) is 0 Å². The first-order valence-electron chi connectivity index (χ1n) is 5.40. The summed E-state index contributed by atoms with van der Waals surface area (Å²) in [5.74, 6) is 0.172. The lowest BCUT2D eigenvalue weighted by Gasteiger charge is -2.51. The van der Waals surface area contributed by atoms with E-state index in [-0.39, 0.29) is 29.7 Å². The standard InChI is InChI=1S/C10H17NO4S/c1-10(2,3)15-9(12)11-7-4-8(11)6-16(13,14)5-7/h7-8H,4-6H2,1-3H3. The lowest BCUT2D eigenvalue weighted by Crippen LogP contribution is -2.67. The molecule has 3 aliphatic heterocycles. The van der Waals surface area contributed by atoms with Crippen molar-refractivity contribution in [3.05, 3.63) is 0 Å². The molecule has 6 heteroatoms. The van der Waals surface area contributed by atoms with Gasteiger partial charge in [0.15, 0.2) is 9.84 Å². The van der Waals surface area contributed by atoms with Crippen LogP contribution in [0.4, 0.5) is 4.79 Å². The van der Waals surface area contributed by atoms with E-state index in [1.54, 1.807) is 25.7 Å². The van der Waals surface area contributed by atoms with Gasteiger partial charge in [-0.3, -0.25) is 0 Å². The number of carbonyl (C=O) groups excluding carboxylic acids is 1. The Bertz CT molecular complexity index is 391. The van der Waals surface area contributed by atoms with Gasteiger partial charge in [-0.1, -0.05) is 0 Å². The zero-order chi connectivity index (χ0) is 12.1. The maximum atomic E-state index is 11.8. The minimum absolute atomic E-state index is 0.0861. The van der Waals surface area contributed by atoms with E-state index in [0.717, 1.165) is 6.42 Å². The van der Waals surface area contributed by atoms with E-state index in [1.165, 1.54) is 0 Å². The fraction of sp³-hybridized carbons (Fsp3) is 0.900. The molecular formula is C10H17NO4S. The number of hydrogen-bond acceptors (Lipinski definition) is 4. The van der Waals surface area contributed by atoms with Crippen molar-refractivity contribution in [2.45, 2.75) is 44.9 Å². The summed E-state index contributed by atoms with van der Waals surface area (Å²) in [5, 5.41) is 0. The summed E-state index contributed by atoms with van der Waals surface area (Å²) in [6.45, 7) is 5.41. The van der Waals surface area contributed by atoms with Gasteiger partial charge in [0.25, 0.3) is 0 Å². The Morgan fingerprint density at radius 2 is 1.75 bits per heavy atom. The van der Waals surface area contributed by atoms with E-state index >= 15 is 0 Å². The fourth-order valence-corrected chi connectivity index (χ4v) is 4.17.